The van der Waals surface area contributed by atoms with Crippen LogP contribution in [-0.4, -0.2) is 46.9 Å². The highest BCUT2D eigenvalue weighted by Crippen LogP contribution is 2.39. The van der Waals surface area contributed by atoms with Crippen LogP contribution in [0.2, 0.25) is 0 Å². The number of carbonyl (C=O) groups is 2. The van der Waals surface area contributed by atoms with Gasteiger partial charge in [0.05, 0.1) is 46.2 Å². The van der Waals surface area contributed by atoms with Crippen molar-refractivity contribution in [2.45, 2.75) is 0 Å². The second-order valence-corrected chi connectivity index (χ2v) is 5.35. The number of rotatable bonds is 8. The van der Waals surface area contributed by atoms with Crippen molar-refractivity contribution in [3.8, 4) is 17.2 Å². The normalized spacial score (nSPS) is 9.93. The predicted octanol–water partition coefficient (Wildman–Crippen LogP) is 2.55. The van der Waals surface area contributed by atoms with Gasteiger partial charge in [0.2, 0.25) is 11.7 Å². The predicted molar refractivity (Wildman–Crippen MR) is 101 cm³/mol. The Morgan fingerprint density at radius 2 is 1.56 bits per heavy atom. The molecule has 0 fully saturated rings. The van der Waals surface area contributed by atoms with Gasteiger partial charge in [-0.3, -0.25) is 4.79 Å². The first-order valence-corrected chi connectivity index (χ1v) is 8.05. The van der Waals surface area contributed by atoms with E-state index in [4.69, 9.17) is 18.9 Å². The zero-order valence-corrected chi connectivity index (χ0v) is 15.6. The van der Waals surface area contributed by atoms with E-state index in [1.165, 1.54) is 28.4 Å². The largest absolute Gasteiger partial charge is 0.493 e. The fraction of sp³-hybridized carbons (Fsp3) is 0.263. The van der Waals surface area contributed by atoms with Gasteiger partial charge in [-0.1, -0.05) is 12.1 Å². The fourth-order valence-electron chi connectivity index (χ4n) is 2.44. The van der Waals surface area contributed by atoms with Gasteiger partial charge in [-0.05, 0) is 12.1 Å². The number of nitrogens with one attached hydrogen (secondary N) is 2. The Labute approximate surface area is 157 Å². The summed E-state index contributed by atoms with van der Waals surface area (Å²) in [6.07, 6.45) is 0. The van der Waals surface area contributed by atoms with Crippen molar-refractivity contribution in [3.63, 3.8) is 0 Å². The number of anilines is 2. The fourth-order valence-corrected chi connectivity index (χ4v) is 2.44. The molecule has 2 rings (SSSR count). The van der Waals surface area contributed by atoms with Gasteiger partial charge in [0.1, 0.15) is 0 Å². The first kappa shape index (κ1) is 19.9. The number of benzene rings is 2. The van der Waals surface area contributed by atoms with Crippen molar-refractivity contribution in [3.05, 3.63) is 42.0 Å². The Bertz CT molecular complexity index is 797. The Hall–Kier alpha value is -3.42. The minimum absolute atomic E-state index is 0.0336. The van der Waals surface area contributed by atoms with E-state index >= 15 is 0 Å². The van der Waals surface area contributed by atoms with Gasteiger partial charge in [0, 0.05) is 17.8 Å². The molecule has 2 aromatic rings. The van der Waals surface area contributed by atoms with Gasteiger partial charge in [-0.25, -0.2) is 4.79 Å². The maximum absolute atomic E-state index is 12.3. The third-order valence-electron chi connectivity index (χ3n) is 3.72. The summed E-state index contributed by atoms with van der Waals surface area (Å²) in [5.74, 6) is 0.539. The molecule has 0 aromatic heterocycles. The molecule has 0 atom stereocenters. The third-order valence-corrected chi connectivity index (χ3v) is 3.72. The van der Waals surface area contributed by atoms with Crippen LogP contribution in [-0.2, 0) is 9.53 Å². The van der Waals surface area contributed by atoms with E-state index in [0.717, 1.165) is 0 Å². The van der Waals surface area contributed by atoms with E-state index in [2.05, 4.69) is 10.6 Å². The molecule has 144 valence electrons. The highest BCUT2D eigenvalue weighted by molar-refractivity contribution is 6.02. The third kappa shape index (κ3) is 4.81. The molecule has 0 aliphatic carbocycles. The molecule has 0 radical (unpaired) electrons. The molecule has 27 heavy (non-hydrogen) atoms. The van der Waals surface area contributed by atoms with Gasteiger partial charge in [0.15, 0.2) is 11.5 Å². The molecule has 0 spiro atoms. The Kier molecular flexibility index (Phi) is 6.87. The van der Waals surface area contributed by atoms with Crippen LogP contribution in [0.25, 0.3) is 0 Å². The lowest BCUT2D eigenvalue weighted by molar-refractivity contribution is -0.114. The van der Waals surface area contributed by atoms with Crippen molar-refractivity contribution in [1.29, 1.82) is 0 Å². The van der Waals surface area contributed by atoms with Gasteiger partial charge >= 0.3 is 5.97 Å². The number of carbonyl (C=O) groups excluding carboxylic acids is 2. The molecule has 0 aliphatic rings. The van der Waals surface area contributed by atoms with Gasteiger partial charge in [-0.2, -0.15) is 0 Å². The van der Waals surface area contributed by atoms with E-state index in [-0.39, 0.29) is 18.0 Å². The Morgan fingerprint density at radius 3 is 2.11 bits per heavy atom. The maximum atomic E-state index is 12.3. The molecule has 8 nitrogen and oxygen atoms in total. The smallest absolute Gasteiger partial charge is 0.339 e. The highest BCUT2D eigenvalue weighted by Gasteiger charge is 2.15. The lowest BCUT2D eigenvalue weighted by Gasteiger charge is -2.15. The van der Waals surface area contributed by atoms with E-state index in [1.807, 2.05) is 0 Å². The Morgan fingerprint density at radius 1 is 0.926 bits per heavy atom. The van der Waals surface area contributed by atoms with E-state index in [9.17, 15) is 9.59 Å². The molecular weight excluding hydrogens is 352 g/mol. The number of hydrogen-bond donors (Lipinski definition) is 2. The maximum Gasteiger partial charge on any atom is 0.339 e. The zero-order valence-electron chi connectivity index (χ0n) is 15.6. The summed E-state index contributed by atoms with van der Waals surface area (Å²) in [7, 11) is 5.82. The number of methoxy groups -OCH3 is 4. The zero-order chi connectivity index (χ0) is 19.8. The van der Waals surface area contributed by atoms with Crippen molar-refractivity contribution in [2.75, 3.05) is 45.6 Å². The van der Waals surface area contributed by atoms with Crippen molar-refractivity contribution < 1.29 is 28.5 Å². The first-order chi connectivity index (χ1) is 13.0. The molecule has 0 unspecified atom stereocenters. The quantitative estimate of drug-likeness (QED) is 0.686. The van der Waals surface area contributed by atoms with Gasteiger partial charge < -0.3 is 29.6 Å². The molecule has 1 amide bonds. The summed E-state index contributed by atoms with van der Waals surface area (Å²) in [5, 5.41) is 5.67. The summed E-state index contributed by atoms with van der Waals surface area (Å²) >= 11 is 0. The molecule has 0 saturated heterocycles. The topological polar surface area (TPSA) is 95.1 Å². The first-order valence-electron chi connectivity index (χ1n) is 8.05. The summed E-state index contributed by atoms with van der Waals surface area (Å²) in [5.41, 5.74) is 1.27. The number of hydrogen-bond acceptors (Lipinski definition) is 7. The van der Waals surface area contributed by atoms with Crippen LogP contribution in [0.5, 0.6) is 17.2 Å². The minimum atomic E-state index is -0.525. The summed E-state index contributed by atoms with van der Waals surface area (Å²) < 4.78 is 20.5. The molecule has 2 aromatic carbocycles. The van der Waals surface area contributed by atoms with Crippen LogP contribution in [0, 0.1) is 0 Å². The molecular formula is C19H22N2O6. The number of para-hydroxylation sites is 1. The molecule has 0 aliphatic heterocycles. The van der Waals surface area contributed by atoms with Crippen LogP contribution < -0.4 is 24.8 Å². The van der Waals surface area contributed by atoms with Crippen LogP contribution in [0.3, 0.4) is 0 Å². The average Bonchev–Trinajstić information content (AvgIpc) is 2.71. The van der Waals surface area contributed by atoms with E-state index in [0.29, 0.717) is 28.6 Å². The van der Waals surface area contributed by atoms with Crippen LogP contribution in [0.4, 0.5) is 11.4 Å². The molecule has 0 saturated carbocycles. The molecule has 2 N–H and O–H groups in total. The van der Waals surface area contributed by atoms with Crippen molar-refractivity contribution in [1.82, 2.24) is 0 Å². The second kappa shape index (κ2) is 9.33. The van der Waals surface area contributed by atoms with Crippen LogP contribution >= 0.6 is 0 Å². The van der Waals surface area contributed by atoms with Crippen LogP contribution in [0.1, 0.15) is 10.4 Å². The lowest BCUT2D eigenvalue weighted by atomic mass is 10.2. The molecule has 0 bridgehead atoms. The number of esters is 1. The van der Waals surface area contributed by atoms with Crippen molar-refractivity contribution in [2.24, 2.45) is 0 Å². The summed E-state index contributed by atoms with van der Waals surface area (Å²) in [6, 6.07) is 10.00. The van der Waals surface area contributed by atoms with Crippen LogP contribution in [0.15, 0.2) is 36.4 Å². The lowest BCUT2D eigenvalue weighted by Crippen LogP contribution is -2.23. The van der Waals surface area contributed by atoms with E-state index in [1.54, 1.807) is 36.4 Å². The standard InChI is InChI=1S/C19H22N2O6/c1-24-15-9-12(10-16(25-2)18(15)26-3)20-11-17(22)21-14-8-6-5-7-13(14)19(23)27-4/h5-10,20H,11H2,1-4H3,(H,21,22). The summed E-state index contributed by atoms with van der Waals surface area (Å²) in [4.78, 5) is 24.0. The van der Waals surface area contributed by atoms with E-state index < -0.39 is 5.97 Å². The molecule has 0 heterocycles. The van der Waals surface area contributed by atoms with Crippen molar-refractivity contribution >= 4 is 23.3 Å². The summed E-state index contributed by atoms with van der Waals surface area (Å²) in [6.45, 7) is -0.0336. The monoisotopic (exact) mass is 374 g/mol. The minimum Gasteiger partial charge on any atom is -0.493 e. The second-order valence-electron chi connectivity index (χ2n) is 5.35. The number of ether oxygens (including phenoxy) is 4. The van der Waals surface area contributed by atoms with Gasteiger partial charge in [0.25, 0.3) is 0 Å². The number of amides is 1. The van der Waals surface area contributed by atoms with Gasteiger partial charge in [-0.15, -0.1) is 0 Å². The highest BCUT2D eigenvalue weighted by atomic mass is 16.5. The average molecular weight is 374 g/mol. The molecule has 8 heteroatoms. The SMILES string of the molecule is COC(=O)c1ccccc1NC(=O)CNc1cc(OC)c(OC)c(OC)c1. The Balaban J connectivity index is 2.09.